The molecule has 0 saturated carbocycles. The maximum Gasteiger partial charge on any atom is 0.416 e. The average molecular weight is 243 g/mol. The SMILES string of the molecule is Cl.N=C(N)c1cc(F)cc(C(F)(F)F)c1. The lowest BCUT2D eigenvalue weighted by Gasteiger charge is -2.08. The first-order valence-corrected chi connectivity index (χ1v) is 3.53. The fourth-order valence-electron chi connectivity index (χ4n) is 0.909. The zero-order valence-electron chi connectivity index (χ0n) is 7.23. The smallest absolute Gasteiger partial charge is 0.384 e. The van der Waals surface area contributed by atoms with Crippen LogP contribution in [0, 0.1) is 11.2 Å². The Morgan fingerprint density at radius 2 is 1.73 bits per heavy atom. The van der Waals surface area contributed by atoms with Crippen molar-refractivity contribution in [2.75, 3.05) is 0 Å². The summed E-state index contributed by atoms with van der Waals surface area (Å²) in [5.41, 5.74) is 3.51. The van der Waals surface area contributed by atoms with Gasteiger partial charge < -0.3 is 5.73 Å². The molecule has 0 fully saturated rings. The molecule has 15 heavy (non-hydrogen) atoms. The number of benzene rings is 1. The highest BCUT2D eigenvalue weighted by Gasteiger charge is 2.31. The van der Waals surface area contributed by atoms with E-state index in [2.05, 4.69) is 0 Å². The van der Waals surface area contributed by atoms with Gasteiger partial charge >= 0.3 is 6.18 Å². The number of rotatable bonds is 1. The third kappa shape index (κ3) is 3.39. The predicted octanol–water partition coefficient (Wildman–Crippen LogP) is 2.55. The van der Waals surface area contributed by atoms with Crippen LogP contribution in [0.15, 0.2) is 18.2 Å². The van der Waals surface area contributed by atoms with Crippen LogP contribution in [0.2, 0.25) is 0 Å². The molecular weight excluding hydrogens is 236 g/mol. The quantitative estimate of drug-likeness (QED) is 0.444. The van der Waals surface area contributed by atoms with Crippen molar-refractivity contribution < 1.29 is 17.6 Å². The van der Waals surface area contributed by atoms with Crippen molar-refractivity contribution in [1.29, 1.82) is 5.41 Å². The van der Waals surface area contributed by atoms with E-state index in [4.69, 9.17) is 11.1 Å². The Hall–Kier alpha value is -1.30. The molecule has 0 saturated heterocycles. The van der Waals surface area contributed by atoms with Crippen molar-refractivity contribution in [3.05, 3.63) is 35.1 Å². The number of amidine groups is 1. The van der Waals surface area contributed by atoms with Crippen LogP contribution < -0.4 is 5.73 Å². The largest absolute Gasteiger partial charge is 0.416 e. The van der Waals surface area contributed by atoms with E-state index < -0.39 is 23.4 Å². The molecule has 1 rings (SSSR count). The Morgan fingerprint density at radius 3 is 2.13 bits per heavy atom. The van der Waals surface area contributed by atoms with E-state index >= 15 is 0 Å². The van der Waals surface area contributed by atoms with Crippen LogP contribution in [-0.4, -0.2) is 5.84 Å². The topological polar surface area (TPSA) is 49.9 Å². The molecule has 1 aromatic rings. The molecule has 0 amide bonds. The van der Waals surface area contributed by atoms with E-state index in [1.54, 1.807) is 0 Å². The Balaban J connectivity index is 0.00000196. The molecule has 0 bridgehead atoms. The first-order chi connectivity index (χ1) is 6.30. The molecule has 2 nitrogen and oxygen atoms in total. The van der Waals surface area contributed by atoms with Gasteiger partial charge in [-0.2, -0.15) is 13.2 Å². The van der Waals surface area contributed by atoms with Gasteiger partial charge in [0.05, 0.1) is 5.56 Å². The van der Waals surface area contributed by atoms with E-state index in [-0.39, 0.29) is 18.0 Å². The van der Waals surface area contributed by atoms with Gasteiger partial charge in [-0.25, -0.2) is 4.39 Å². The minimum Gasteiger partial charge on any atom is -0.384 e. The molecule has 7 heteroatoms. The standard InChI is InChI=1S/C8H6F4N2.ClH/c9-6-2-4(7(13)14)1-5(3-6)8(10,11)12;/h1-3H,(H3,13,14);1H. The van der Waals surface area contributed by atoms with Crippen LogP contribution in [0.3, 0.4) is 0 Å². The minimum atomic E-state index is -4.63. The van der Waals surface area contributed by atoms with Gasteiger partial charge in [0.2, 0.25) is 0 Å². The lowest BCUT2D eigenvalue weighted by molar-refractivity contribution is -0.137. The number of nitrogens with one attached hydrogen (secondary N) is 1. The van der Waals surface area contributed by atoms with Crippen LogP contribution in [0.4, 0.5) is 17.6 Å². The summed E-state index contributed by atoms with van der Waals surface area (Å²) >= 11 is 0. The molecule has 0 heterocycles. The van der Waals surface area contributed by atoms with Gasteiger partial charge in [-0.3, -0.25) is 5.41 Å². The lowest BCUT2D eigenvalue weighted by Crippen LogP contribution is -2.14. The van der Waals surface area contributed by atoms with E-state index in [0.717, 1.165) is 6.07 Å². The van der Waals surface area contributed by atoms with Gasteiger partial charge in [0.25, 0.3) is 0 Å². The molecule has 3 N–H and O–H groups in total. The number of hydrogen-bond acceptors (Lipinski definition) is 1. The van der Waals surface area contributed by atoms with Gasteiger partial charge in [-0.15, -0.1) is 12.4 Å². The molecule has 0 aromatic heterocycles. The van der Waals surface area contributed by atoms with Crippen LogP contribution in [-0.2, 0) is 6.18 Å². The molecular formula is C8H7ClF4N2. The Labute approximate surface area is 89.0 Å². The number of nitrogen functional groups attached to an aromatic ring is 1. The normalized spacial score (nSPS) is 10.7. The van der Waals surface area contributed by atoms with Crippen molar-refractivity contribution in [1.82, 2.24) is 0 Å². The van der Waals surface area contributed by atoms with Crippen molar-refractivity contribution in [2.24, 2.45) is 5.73 Å². The van der Waals surface area contributed by atoms with Crippen molar-refractivity contribution in [3.63, 3.8) is 0 Å². The maximum atomic E-state index is 12.7. The summed E-state index contributed by atoms with van der Waals surface area (Å²) in [7, 11) is 0. The second-order valence-electron chi connectivity index (χ2n) is 2.64. The second kappa shape index (κ2) is 4.48. The van der Waals surface area contributed by atoms with E-state index in [1.807, 2.05) is 0 Å². The van der Waals surface area contributed by atoms with Crippen molar-refractivity contribution in [3.8, 4) is 0 Å². The third-order valence-electron chi connectivity index (χ3n) is 1.54. The highest BCUT2D eigenvalue weighted by atomic mass is 35.5. The summed E-state index contributed by atoms with van der Waals surface area (Å²) in [4.78, 5) is 0. The van der Waals surface area contributed by atoms with Crippen LogP contribution in [0.5, 0.6) is 0 Å². The molecule has 0 aliphatic heterocycles. The van der Waals surface area contributed by atoms with Gasteiger partial charge in [0.15, 0.2) is 0 Å². The van der Waals surface area contributed by atoms with Crippen LogP contribution in [0.1, 0.15) is 11.1 Å². The van der Waals surface area contributed by atoms with Gasteiger partial charge in [0.1, 0.15) is 11.7 Å². The molecule has 0 unspecified atom stereocenters. The highest BCUT2D eigenvalue weighted by molar-refractivity contribution is 5.95. The van der Waals surface area contributed by atoms with Crippen molar-refractivity contribution >= 4 is 18.2 Å². The summed E-state index contributed by atoms with van der Waals surface area (Å²) in [5.74, 6) is -1.67. The fourth-order valence-corrected chi connectivity index (χ4v) is 0.909. The summed E-state index contributed by atoms with van der Waals surface area (Å²) in [5, 5.41) is 6.88. The zero-order valence-corrected chi connectivity index (χ0v) is 8.05. The molecule has 0 atom stereocenters. The molecule has 0 aliphatic rings. The second-order valence-corrected chi connectivity index (χ2v) is 2.64. The van der Waals surface area contributed by atoms with E-state index in [0.29, 0.717) is 12.1 Å². The first kappa shape index (κ1) is 13.7. The monoisotopic (exact) mass is 242 g/mol. The minimum absolute atomic E-state index is 0. The van der Waals surface area contributed by atoms with Gasteiger partial charge in [-0.1, -0.05) is 0 Å². The van der Waals surface area contributed by atoms with Crippen molar-refractivity contribution in [2.45, 2.75) is 6.18 Å². The summed E-state index contributed by atoms with van der Waals surface area (Å²) < 4.78 is 49.1. The Kier molecular flexibility index (Phi) is 4.09. The highest BCUT2D eigenvalue weighted by Crippen LogP contribution is 2.30. The summed E-state index contributed by atoms with van der Waals surface area (Å²) in [6.45, 7) is 0. The van der Waals surface area contributed by atoms with Crippen LogP contribution in [0.25, 0.3) is 0 Å². The molecule has 0 radical (unpaired) electrons. The predicted molar refractivity (Wildman–Crippen MR) is 49.7 cm³/mol. The third-order valence-corrected chi connectivity index (χ3v) is 1.54. The van der Waals surface area contributed by atoms with Gasteiger partial charge in [-0.05, 0) is 18.2 Å². The number of alkyl halides is 3. The van der Waals surface area contributed by atoms with Gasteiger partial charge in [0, 0.05) is 5.56 Å². The number of nitrogens with two attached hydrogens (primary N) is 1. The Morgan fingerprint density at radius 1 is 1.20 bits per heavy atom. The molecule has 0 spiro atoms. The number of halogens is 5. The molecule has 1 aromatic carbocycles. The maximum absolute atomic E-state index is 12.7. The average Bonchev–Trinajstić information content (AvgIpc) is 2.01. The lowest BCUT2D eigenvalue weighted by atomic mass is 10.1. The number of hydrogen-bond donors (Lipinski definition) is 2. The fraction of sp³-hybridized carbons (Fsp3) is 0.125. The van der Waals surface area contributed by atoms with E-state index in [1.165, 1.54) is 0 Å². The Bertz CT molecular complexity index is 375. The van der Waals surface area contributed by atoms with E-state index in [9.17, 15) is 17.6 Å². The first-order valence-electron chi connectivity index (χ1n) is 3.53. The molecule has 0 aliphatic carbocycles. The summed E-state index contributed by atoms with van der Waals surface area (Å²) in [6, 6.07) is 1.76. The zero-order chi connectivity index (χ0) is 10.9. The molecule has 84 valence electrons. The van der Waals surface area contributed by atoms with Crippen LogP contribution >= 0.6 is 12.4 Å². The summed E-state index contributed by atoms with van der Waals surface area (Å²) in [6.07, 6.45) is -4.63.